The van der Waals surface area contributed by atoms with Gasteiger partial charge in [0.1, 0.15) is 17.2 Å². The minimum atomic E-state index is -0.308. The van der Waals surface area contributed by atoms with Crippen LogP contribution in [0, 0.1) is 0 Å². The average Bonchev–Trinajstić information content (AvgIpc) is 3.25. The van der Waals surface area contributed by atoms with Gasteiger partial charge in [0.15, 0.2) is 12.4 Å². The summed E-state index contributed by atoms with van der Waals surface area (Å²) in [6.07, 6.45) is 3.29. The Morgan fingerprint density at radius 2 is 1.53 bits per heavy atom. The van der Waals surface area contributed by atoms with E-state index >= 15 is 0 Å². The molecule has 160 valence electrons. The first-order valence-electron chi connectivity index (χ1n) is 9.96. The Morgan fingerprint density at radius 3 is 2.19 bits per heavy atom. The SMILES string of the molecule is Cn1ccnc1C(=O)c1ccc(NC(=O)COc2ccc(Oc3ccccc3)cc2)cc1. The van der Waals surface area contributed by atoms with E-state index in [0.717, 1.165) is 5.75 Å². The number of nitrogens with one attached hydrogen (secondary N) is 1. The number of nitrogens with zero attached hydrogens (tertiary/aromatic N) is 2. The fraction of sp³-hybridized carbons (Fsp3) is 0.0800. The van der Waals surface area contributed by atoms with E-state index in [1.807, 2.05) is 30.3 Å². The second kappa shape index (κ2) is 9.61. The van der Waals surface area contributed by atoms with E-state index in [4.69, 9.17) is 9.47 Å². The molecule has 0 aliphatic heterocycles. The summed E-state index contributed by atoms with van der Waals surface area (Å²) in [4.78, 5) is 28.7. The predicted octanol–water partition coefficient (Wildman–Crippen LogP) is 4.46. The van der Waals surface area contributed by atoms with Gasteiger partial charge in [0.05, 0.1) is 0 Å². The molecule has 0 saturated carbocycles. The summed E-state index contributed by atoms with van der Waals surface area (Å²) in [7, 11) is 1.76. The molecular weight excluding hydrogens is 406 g/mol. The number of hydrogen-bond acceptors (Lipinski definition) is 5. The smallest absolute Gasteiger partial charge is 0.262 e. The topological polar surface area (TPSA) is 82.5 Å². The standard InChI is InChI=1S/C25H21N3O4/c1-28-16-15-26-25(28)24(30)18-7-9-19(10-8-18)27-23(29)17-31-20-11-13-22(14-12-20)32-21-5-3-2-4-6-21/h2-16H,17H2,1H3,(H,27,29). The maximum absolute atomic E-state index is 12.4. The van der Waals surface area contributed by atoms with E-state index in [1.165, 1.54) is 0 Å². The zero-order valence-electron chi connectivity index (χ0n) is 17.4. The second-order valence-corrected chi connectivity index (χ2v) is 6.99. The van der Waals surface area contributed by atoms with Crippen LogP contribution in [0.3, 0.4) is 0 Å². The van der Waals surface area contributed by atoms with Gasteiger partial charge in [-0.2, -0.15) is 0 Å². The van der Waals surface area contributed by atoms with Crippen LogP contribution in [-0.2, 0) is 11.8 Å². The van der Waals surface area contributed by atoms with E-state index < -0.39 is 0 Å². The van der Waals surface area contributed by atoms with Crippen molar-refractivity contribution in [1.29, 1.82) is 0 Å². The molecule has 1 aromatic heterocycles. The maximum Gasteiger partial charge on any atom is 0.262 e. The minimum absolute atomic E-state index is 0.146. The highest BCUT2D eigenvalue weighted by Crippen LogP contribution is 2.23. The molecular formula is C25H21N3O4. The molecule has 7 heteroatoms. The monoisotopic (exact) mass is 427 g/mol. The van der Waals surface area contributed by atoms with E-state index in [1.54, 1.807) is 72.5 Å². The predicted molar refractivity (Wildman–Crippen MR) is 120 cm³/mol. The van der Waals surface area contributed by atoms with Crippen molar-refractivity contribution in [3.63, 3.8) is 0 Å². The Kier molecular flexibility index (Phi) is 6.27. The number of aromatic nitrogens is 2. The number of carbonyl (C=O) groups is 2. The van der Waals surface area contributed by atoms with E-state index in [2.05, 4.69) is 10.3 Å². The van der Waals surface area contributed by atoms with Gasteiger partial charge >= 0.3 is 0 Å². The summed E-state index contributed by atoms with van der Waals surface area (Å²) >= 11 is 0. The summed E-state index contributed by atoms with van der Waals surface area (Å²) in [5.41, 5.74) is 1.06. The van der Waals surface area contributed by atoms with Crippen LogP contribution in [-0.4, -0.2) is 27.8 Å². The van der Waals surface area contributed by atoms with Crippen LogP contribution in [0.15, 0.2) is 91.3 Å². The summed E-state index contributed by atoms with van der Waals surface area (Å²) in [6.45, 7) is -0.146. The van der Waals surface area contributed by atoms with Crippen LogP contribution < -0.4 is 14.8 Å². The number of imidazole rings is 1. The molecule has 0 atom stereocenters. The van der Waals surface area contributed by atoms with E-state index in [0.29, 0.717) is 28.6 Å². The number of hydrogen-bond donors (Lipinski definition) is 1. The number of ether oxygens (including phenoxy) is 2. The second-order valence-electron chi connectivity index (χ2n) is 6.99. The molecule has 0 aliphatic carbocycles. The lowest BCUT2D eigenvalue weighted by Gasteiger charge is -2.09. The molecule has 32 heavy (non-hydrogen) atoms. The van der Waals surface area contributed by atoms with Gasteiger partial charge in [-0.3, -0.25) is 9.59 Å². The quantitative estimate of drug-likeness (QED) is 0.420. The molecule has 7 nitrogen and oxygen atoms in total. The molecule has 1 amide bonds. The van der Waals surface area contributed by atoms with Crippen molar-refractivity contribution in [3.05, 3.63) is 103 Å². The Morgan fingerprint density at radius 1 is 0.875 bits per heavy atom. The molecule has 0 radical (unpaired) electrons. The van der Waals surface area contributed by atoms with Crippen LogP contribution in [0.5, 0.6) is 17.2 Å². The van der Waals surface area contributed by atoms with E-state index in [-0.39, 0.29) is 18.3 Å². The fourth-order valence-corrected chi connectivity index (χ4v) is 2.99. The highest BCUT2D eigenvalue weighted by atomic mass is 16.5. The number of carbonyl (C=O) groups excluding carboxylic acids is 2. The number of aryl methyl sites for hydroxylation is 1. The third-order valence-corrected chi connectivity index (χ3v) is 4.63. The molecule has 0 aliphatic rings. The van der Waals surface area contributed by atoms with Crippen molar-refractivity contribution in [2.45, 2.75) is 0 Å². The minimum Gasteiger partial charge on any atom is -0.484 e. The summed E-state index contributed by atoms with van der Waals surface area (Å²) in [5, 5.41) is 2.75. The highest BCUT2D eigenvalue weighted by Gasteiger charge is 2.13. The molecule has 4 rings (SSSR count). The number of rotatable bonds is 8. The van der Waals surface area contributed by atoms with Gasteiger partial charge in [0.2, 0.25) is 5.78 Å². The van der Waals surface area contributed by atoms with Crippen molar-refractivity contribution in [2.75, 3.05) is 11.9 Å². The van der Waals surface area contributed by atoms with Gasteiger partial charge in [-0.25, -0.2) is 4.98 Å². The lowest BCUT2D eigenvalue weighted by molar-refractivity contribution is -0.118. The summed E-state index contributed by atoms with van der Waals surface area (Å²) in [5.74, 6) is 1.84. The van der Waals surface area contributed by atoms with E-state index in [9.17, 15) is 9.59 Å². The highest BCUT2D eigenvalue weighted by molar-refractivity contribution is 6.07. The number of benzene rings is 3. The Labute approximate surface area is 185 Å². The molecule has 4 aromatic rings. The lowest BCUT2D eigenvalue weighted by atomic mass is 10.1. The molecule has 0 bridgehead atoms. The van der Waals surface area contributed by atoms with Gasteiger partial charge in [-0.1, -0.05) is 18.2 Å². The summed E-state index contributed by atoms with van der Waals surface area (Å²) in [6, 6.07) is 23.1. The Bertz CT molecular complexity index is 1200. The molecule has 1 heterocycles. The molecule has 1 N–H and O–H groups in total. The molecule has 0 saturated heterocycles. The van der Waals surface area contributed by atoms with Gasteiger partial charge in [-0.15, -0.1) is 0 Å². The fourth-order valence-electron chi connectivity index (χ4n) is 2.99. The van der Waals surface area contributed by atoms with Crippen LogP contribution in [0.2, 0.25) is 0 Å². The summed E-state index contributed by atoms with van der Waals surface area (Å²) < 4.78 is 12.9. The number of anilines is 1. The Hall–Kier alpha value is -4.39. The van der Waals surface area contributed by atoms with Crippen molar-refractivity contribution < 1.29 is 19.1 Å². The van der Waals surface area contributed by atoms with Crippen LogP contribution in [0.4, 0.5) is 5.69 Å². The van der Waals surface area contributed by atoms with Crippen molar-refractivity contribution >= 4 is 17.4 Å². The average molecular weight is 427 g/mol. The molecule has 3 aromatic carbocycles. The van der Waals surface area contributed by atoms with Gasteiger partial charge < -0.3 is 19.4 Å². The molecule has 0 unspecified atom stereocenters. The first kappa shape index (κ1) is 20.9. The maximum atomic E-state index is 12.4. The lowest BCUT2D eigenvalue weighted by Crippen LogP contribution is -2.20. The first-order valence-corrected chi connectivity index (χ1v) is 9.96. The Balaban J connectivity index is 1.27. The zero-order chi connectivity index (χ0) is 22.3. The van der Waals surface area contributed by atoms with Crippen molar-refractivity contribution in [1.82, 2.24) is 9.55 Å². The largest absolute Gasteiger partial charge is 0.484 e. The third kappa shape index (κ3) is 5.20. The van der Waals surface area contributed by atoms with Crippen LogP contribution in [0.25, 0.3) is 0 Å². The zero-order valence-corrected chi connectivity index (χ0v) is 17.4. The number of amides is 1. The van der Waals surface area contributed by atoms with Crippen LogP contribution in [0.1, 0.15) is 16.2 Å². The van der Waals surface area contributed by atoms with Gasteiger partial charge in [0, 0.05) is 30.7 Å². The third-order valence-electron chi connectivity index (χ3n) is 4.63. The molecule has 0 fully saturated rings. The molecule has 0 spiro atoms. The number of ketones is 1. The van der Waals surface area contributed by atoms with Crippen molar-refractivity contribution in [3.8, 4) is 17.2 Å². The van der Waals surface area contributed by atoms with Crippen LogP contribution >= 0.6 is 0 Å². The number of para-hydroxylation sites is 1. The first-order chi connectivity index (χ1) is 15.6. The normalized spacial score (nSPS) is 10.4. The van der Waals surface area contributed by atoms with Crippen molar-refractivity contribution in [2.24, 2.45) is 7.05 Å². The van der Waals surface area contributed by atoms with Gasteiger partial charge in [0.25, 0.3) is 5.91 Å². The van der Waals surface area contributed by atoms with Gasteiger partial charge in [-0.05, 0) is 60.7 Å².